The number of thiophene rings is 1. The van der Waals surface area contributed by atoms with Gasteiger partial charge in [0.1, 0.15) is 4.21 Å². The zero-order valence-corrected chi connectivity index (χ0v) is 13.0. The van der Waals surface area contributed by atoms with E-state index in [1.807, 2.05) is 6.07 Å². The molecular weight excluding hydrogens is 290 g/mol. The second kappa shape index (κ2) is 5.49. The molecule has 2 rings (SSSR count). The zero-order valence-electron chi connectivity index (χ0n) is 10.6. The third-order valence-corrected chi connectivity index (χ3v) is 7.16. The molecule has 18 heavy (non-hydrogen) atoms. The van der Waals surface area contributed by atoms with Crippen molar-refractivity contribution in [2.75, 3.05) is 19.0 Å². The Bertz CT molecular complexity index is 502. The highest BCUT2D eigenvalue weighted by Crippen LogP contribution is 2.31. The molecule has 2 heterocycles. The van der Waals surface area contributed by atoms with E-state index in [0.29, 0.717) is 35.0 Å². The summed E-state index contributed by atoms with van der Waals surface area (Å²) in [6.07, 6.45) is 0.731. The van der Waals surface area contributed by atoms with Crippen LogP contribution in [0.4, 0.5) is 0 Å². The summed E-state index contributed by atoms with van der Waals surface area (Å²) in [5.41, 5.74) is 0. The van der Waals surface area contributed by atoms with E-state index in [2.05, 4.69) is 13.8 Å². The van der Waals surface area contributed by atoms with E-state index in [1.165, 1.54) is 11.3 Å². The van der Waals surface area contributed by atoms with Gasteiger partial charge in [0.05, 0.1) is 0 Å². The Morgan fingerprint density at radius 2 is 1.94 bits per heavy atom. The molecule has 102 valence electrons. The molecule has 1 fully saturated rings. The van der Waals surface area contributed by atoms with Gasteiger partial charge in [-0.15, -0.1) is 22.9 Å². The van der Waals surface area contributed by atoms with Crippen LogP contribution in [0, 0.1) is 11.8 Å². The monoisotopic (exact) mass is 307 g/mol. The molecule has 0 saturated carbocycles. The average Bonchev–Trinajstić information content (AvgIpc) is 2.88. The van der Waals surface area contributed by atoms with Gasteiger partial charge in [-0.05, 0) is 30.4 Å². The second-order valence-corrected chi connectivity index (χ2v) is 8.65. The standard InChI is InChI=1S/C12H18ClNO2S2/c1-9-7-14(8-10(9)2)18(15,16)12-4-3-11(17-12)5-6-13/h3-4,9-10H,5-8H2,1-2H3. The van der Waals surface area contributed by atoms with Crippen LogP contribution in [0.5, 0.6) is 0 Å². The lowest BCUT2D eigenvalue weighted by Gasteiger charge is -2.14. The molecule has 3 nitrogen and oxygen atoms in total. The van der Waals surface area contributed by atoms with Gasteiger partial charge in [-0.25, -0.2) is 8.42 Å². The van der Waals surface area contributed by atoms with E-state index in [1.54, 1.807) is 10.4 Å². The summed E-state index contributed by atoms with van der Waals surface area (Å²) in [5, 5.41) is 0. The van der Waals surface area contributed by atoms with Crippen molar-refractivity contribution in [3.63, 3.8) is 0 Å². The summed E-state index contributed by atoms with van der Waals surface area (Å²) >= 11 is 7.01. The molecule has 1 aliphatic heterocycles. The summed E-state index contributed by atoms with van der Waals surface area (Å²) in [4.78, 5) is 1.03. The van der Waals surface area contributed by atoms with Crippen molar-refractivity contribution in [3.8, 4) is 0 Å². The first-order chi connectivity index (χ1) is 8.45. The molecule has 0 aliphatic carbocycles. The van der Waals surface area contributed by atoms with Crippen LogP contribution < -0.4 is 0 Å². The van der Waals surface area contributed by atoms with Crippen molar-refractivity contribution in [1.29, 1.82) is 0 Å². The van der Waals surface area contributed by atoms with Crippen molar-refractivity contribution in [2.24, 2.45) is 11.8 Å². The number of rotatable bonds is 4. The van der Waals surface area contributed by atoms with Crippen molar-refractivity contribution in [3.05, 3.63) is 17.0 Å². The minimum Gasteiger partial charge on any atom is -0.206 e. The predicted octanol–water partition coefficient (Wildman–Crippen LogP) is 2.81. The topological polar surface area (TPSA) is 37.4 Å². The van der Waals surface area contributed by atoms with Gasteiger partial charge >= 0.3 is 0 Å². The van der Waals surface area contributed by atoms with E-state index in [0.717, 1.165) is 11.3 Å². The van der Waals surface area contributed by atoms with Gasteiger partial charge < -0.3 is 0 Å². The molecule has 0 radical (unpaired) electrons. The highest BCUT2D eigenvalue weighted by Gasteiger charge is 2.35. The maximum Gasteiger partial charge on any atom is 0.252 e. The number of alkyl halides is 1. The SMILES string of the molecule is CC1CN(S(=O)(=O)c2ccc(CCCl)s2)CC1C. The van der Waals surface area contributed by atoms with Crippen LogP contribution in [0.1, 0.15) is 18.7 Å². The quantitative estimate of drug-likeness (QED) is 0.802. The van der Waals surface area contributed by atoms with Crippen LogP contribution in [0.2, 0.25) is 0 Å². The molecule has 2 atom stereocenters. The van der Waals surface area contributed by atoms with Crippen LogP contribution in [0.25, 0.3) is 0 Å². The molecule has 2 unspecified atom stereocenters. The Hall–Kier alpha value is -0.100. The maximum atomic E-state index is 12.4. The van der Waals surface area contributed by atoms with Crippen molar-refractivity contribution in [1.82, 2.24) is 4.31 Å². The Morgan fingerprint density at radius 1 is 1.33 bits per heavy atom. The predicted molar refractivity (Wildman–Crippen MR) is 75.8 cm³/mol. The highest BCUT2D eigenvalue weighted by atomic mass is 35.5. The Labute approximate surface area is 118 Å². The van der Waals surface area contributed by atoms with Gasteiger partial charge in [-0.3, -0.25) is 0 Å². The number of halogens is 1. The molecule has 0 spiro atoms. The molecule has 0 aromatic carbocycles. The third-order valence-electron chi connectivity index (χ3n) is 3.53. The summed E-state index contributed by atoms with van der Waals surface area (Å²) in [6.45, 7) is 5.47. The van der Waals surface area contributed by atoms with E-state index in [4.69, 9.17) is 11.6 Å². The minimum atomic E-state index is -3.29. The lowest BCUT2D eigenvalue weighted by Crippen LogP contribution is -2.28. The van der Waals surface area contributed by atoms with Gasteiger partial charge in [0.15, 0.2) is 0 Å². The molecule has 1 aromatic rings. The molecule has 0 amide bonds. The zero-order chi connectivity index (χ0) is 13.3. The summed E-state index contributed by atoms with van der Waals surface area (Å²) in [5.74, 6) is 1.39. The van der Waals surface area contributed by atoms with Crippen molar-refractivity contribution >= 4 is 33.0 Å². The third kappa shape index (κ3) is 2.74. The summed E-state index contributed by atoms with van der Waals surface area (Å²) < 4.78 is 27.0. The van der Waals surface area contributed by atoms with Gasteiger partial charge in [0.25, 0.3) is 10.0 Å². The maximum absolute atomic E-state index is 12.4. The first-order valence-electron chi connectivity index (χ1n) is 6.10. The largest absolute Gasteiger partial charge is 0.252 e. The molecule has 0 N–H and O–H groups in total. The Morgan fingerprint density at radius 3 is 2.50 bits per heavy atom. The first-order valence-corrected chi connectivity index (χ1v) is 8.89. The molecule has 1 aromatic heterocycles. The second-order valence-electron chi connectivity index (χ2n) is 4.94. The minimum absolute atomic E-state index is 0.432. The van der Waals surface area contributed by atoms with Gasteiger partial charge in [0, 0.05) is 23.8 Å². The number of hydrogen-bond donors (Lipinski definition) is 0. The number of aryl methyl sites for hydroxylation is 1. The van der Waals surface area contributed by atoms with Crippen molar-refractivity contribution < 1.29 is 8.42 Å². The fourth-order valence-electron chi connectivity index (χ4n) is 2.12. The first kappa shape index (κ1) is 14.3. The Balaban J connectivity index is 2.20. The number of hydrogen-bond acceptors (Lipinski definition) is 3. The fourth-order valence-corrected chi connectivity index (χ4v) is 5.59. The van der Waals surface area contributed by atoms with E-state index in [-0.39, 0.29) is 0 Å². The van der Waals surface area contributed by atoms with Crippen LogP contribution in [0.15, 0.2) is 16.3 Å². The van der Waals surface area contributed by atoms with Gasteiger partial charge in [-0.1, -0.05) is 13.8 Å². The van der Waals surface area contributed by atoms with Gasteiger partial charge in [-0.2, -0.15) is 4.31 Å². The molecule has 1 aliphatic rings. The number of sulfonamides is 1. The van der Waals surface area contributed by atoms with Crippen LogP contribution in [0.3, 0.4) is 0 Å². The van der Waals surface area contributed by atoms with E-state index < -0.39 is 10.0 Å². The van der Waals surface area contributed by atoms with Gasteiger partial charge in [0.2, 0.25) is 0 Å². The molecule has 6 heteroatoms. The van der Waals surface area contributed by atoms with Crippen LogP contribution in [-0.4, -0.2) is 31.7 Å². The number of nitrogens with zero attached hydrogens (tertiary/aromatic N) is 1. The smallest absolute Gasteiger partial charge is 0.206 e. The molecule has 1 saturated heterocycles. The normalized spacial score (nSPS) is 25.7. The van der Waals surface area contributed by atoms with Crippen molar-refractivity contribution in [2.45, 2.75) is 24.5 Å². The highest BCUT2D eigenvalue weighted by molar-refractivity contribution is 7.91. The average molecular weight is 308 g/mol. The lowest BCUT2D eigenvalue weighted by atomic mass is 10.0. The molecule has 0 bridgehead atoms. The van der Waals surface area contributed by atoms with E-state index >= 15 is 0 Å². The lowest BCUT2D eigenvalue weighted by molar-refractivity contribution is 0.465. The molecular formula is C12H18ClNO2S2. The summed E-state index contributed by atoms with van der Waals surface area (Å²) in [7, 11) is -3.29. The van der Waals surface area contributed by atoms with Crippen LogP contribution in [-0.2, 0) is 16.4 Å². The van der Waals surface area contributed by atoms with Crippen LogP contribution >= 0.6 is 22.9 Å². The fraction of sp³-hybridized carbons (Fsp3) is 0.667. The summed E-state index contributed by atoms with van der Waals surface area (Å²) in [6, 6.07) is 3.57. The Kier molecular flexibility index (Phi) is 4.36. The van der Waals surface area contributed by atoms with E-state index in [9.17, 15) is 8.42 Å².